The van der Waals surface area contributed by atoms with Gasteiger partial charge in [0.2, 0.25) is 4.77 Å². The van der Waals surface area contributed by atoms with Crippen molar-refractivity contribution in [2.45, 2.75) is 13.6 Å². The van der Waals surface area contributed by atoms with E-state index in [4.69, 9.17) is 16.6 Å². The third-order valence-electron chi connectivity index (χ3n) is 5.38. The summed E-state index contributed by atoms with van der Waals surface area (Å²) < 4.78 is 9.75. The second-order valence-electron chi connectivity index (χ2n) is 7.55. The summed E-state index contributed by atoms with van der Waals surface area (Å²) in [5, 5.41) is 8.55. The lowest BCUT2D eigenvalue weighted by atomic mass is 10.3. The zero-order valence-corrected chi connectivity index (χ0v) is 18.2. The van der Waals surface area contributed by atoms with Crippen LogP contribution in [0.15, 0.2) is 29.1 Å². The summed E-state index contributed by atoms with van der Waals surface area (Å²) in [5.41, 5.74) is 0.849. The molecule has 4 aromatic rings. The van der Waals surface area contributed by atoms with Crippen LogP contribution in [0.2, 0.25) is 0 Å². The van der Waals surface area contributed by atoms with Gasteiger partial charge in [-0.15, -0.1) is 0 Å². The predicted octanol–water partition coefficient (Wildman–Crippen LogP) is 2.47. The standard InChI is InChI=1S/C20H23N9OS/c1-14-3-4-15(30-14)5-6-17-24-20(31)29(25-17)13-27-7-9-28(10-8-27)19-16-11-23-26(2)18(16)21-12-22-19/h3-6,11-12H,7-10,13H2,1-2H3,(H,24,25,31)/b6-5+. The summed E-state index contributed by atoms with van der Waals surface area (Å²) in [6, 6.07) is 3.86. The van der Waals surface area contributed by atoms with Crippen LogP contribution in [0.5, 0.6) is 0 Å². The smallest absolute Gasteiger partial charge is 0.217 e. The molecule has 0 atom stereocenters. The highest BCUT2D eigenvalue weighted by molar-refractivity contribution is 7.71. The molecule has 0 unspecified atom stereocenters. The normalized spacial score (nSPS) is 15.5. The number of piperazine rings is 1. The second-order valence-corrected chi connectivity index (χ2v) is 7.92. The van der Waals surface area contributed by atoms with Crippen molar-refractivity contribution in [3.63, 3.8) is 0 Å². The largest absolute Gasteiger partial charge is 0.462 e. The highest BCUT2D eigenvalue weighted by Gasteiger charge is 2.21. The molecule has 0 spiro atoms. The van der Waals surface area contributed by atoms with Crippen LogP contribution in [0, 0.1) is 11.7 Å². The van der Waals surface area contributed by atoms with E-state index < -0.39 is 0 Å². The number of anilines is 1. The summed E-state index contributed by atoms with van der Waals surface area (Å²) in [6.07, 6.45) is 7.19. The highest BCUT2D eigenvalue weighted by atomic mass is 32.1. The first-order valence-corrected chi connectivity index (χ1v) is 10.5. The molecule has 160 valence electrons. The quantitative estimate of drug-likeness (QED) is 0.476. The number of nitrogens with zero attached hydrogens (tertiary/aromatic N) is 8. The molecule has 1 fully saturated rings. The monoisotopic (exact) mass is 437 g/mol. The highest BCUT2D eigenvalue weighted by Crippen LogP contribution is 2.23. The molecule has 1 aliphatic heterocycles. The Kier molecular flexibility index (Phi) is 5.12. The summed E-state index contributed by atoms with van der Waals surface area (Å²) in [4.78, 5) is 17.9. The molecule has 11 heteroatoms. The molecule has 0 radical (unpaired) electrons. The number of H-pyrrole nitrogens is 1. The number of aromatic amines is 1. The van der Waals surface area contributed by atoms with E-state index in [1.165, 1.54) is 0 Å². The van der Waals surface area contributed by atoms with E-state index in [2.05, 4.69) is 34.9 Å². The van der Waals surface area contributed by atoms with Gasteiger partial charge in [-0.1, -0.05) is 0 Å². The Morgan fingerprint density at radius 2 is 2.00 bits per heavy atom. The van der Waals surface area contributed by atoms with Gasteiger partial charge in [0.15, 0.2) is 5.65 Å². The Morgan fingerprint density at radius 1 is 1.16 bits per heavy atom. The van der Waals surface area contributed by atoms with Crippen molar-refractivity contribution in [1.29, 1.82) is 0 Å². The first-order chi connectivity index (χ1) is 15.1. The molecule has 5 heterocycles. The Balaban J connectivity index is 1.23. The minimum absolute atomic E-state index is 0.533. The molecule has 4 aromatic heterocycles. The van der Waals surface area contributed by atoms with Crippen molar-refractivity contribution >= 4 is 41.2 Å². The Bertz CT molecular complexity index is 1290. The van der Waals surface area contributed by atoms with Crippen molar-refractivity contribution in [2.75, 3.05) is 31.1 Å². The summed E-state index contributed by atoms with van der Waals surface area (Å²) >= 11 is 5.43. The van der Waals surface area contributed by atoms with Crippen LogP contribution in [-0.4, -0.2) is 65.6 Å². The third-order valence-corrected chi connectivity index (χ3v) is 5.70. The minimum Gasteiger partial charge on any atom is -0.462 e. The van der Waals surface area contributed by atoms with Gasteiger partial charge in [-0.05, 0) is 43.4 Å². The van der Waals surface area contributed by atoms with Gasteiger partial charge < -0.3 is 9.32 Å². The van der Waals surface area contributed by atoms with E-state index in [-0.39, 0.29) is 0 Å². The maximum absolute atomic E-state index is 5.55. The maximum atomic E-state index is 5.55. The van der Waals surface area contributed by atoms with Crippen molar-refractivity contribution in [3.8, 4) is 0 Å². The number of rotatable bonds is 5. The number of fused-ring (bicyclic) bond motifs is 1. The predicted molar refractivity (Wildman–Crippen MR) is 120 cm³/mol. The SMILES string of the molecule is Cc1ccc(/C=C/c2nc(=S)n(CN3CCN(c4ncnc5c4cnn5C)CC3)[nH]2)o1. The number of aromatic nitrogens is 7. The van der Waals surface area contributed by atoms with Crippen molar-refractivity contribution in [1.82, 2.24) is 39.4 Å². The molecular weight excluding hydrogens is 414 g/mol. The van der Waals surface area contributed by atoms with Gasteiger partial charge in [-0.25, -0.2) is 14.6 Å². The van der Waals surface area contributed by atoms with Crippen LogP contribution in [0.4, 0.5) is 5.82 Å². The summed E-state index contributed by atoms with van der Waals surface area (Å²) in [6.45, 7) is 6.11. The molecule has 10 nitrogen and oxygen atoms in total. The van der Waals surface area contributed by atoms with Gasteiger partial charge in [-0.3, -0.25) is 14.7 Å². The molecule has 0 aliphatic carbocycles. The molecule has 1 saturated heterocycles. The summed E-state index contributed by atoms with van der Waals surface area (Å²) in [5.74, 6) is 3.31. The van der Waals surface area contributed by atoms with Crippen LogP contribution in [0.1, 0.15) is 17.3 Å². The van der Waals surface area contributed by atoms with E-state index in [1.807, 2.05) is 49.1 Å². The van der Waals surface area contributed by atoms with Gasteiger partial charge in [-0.2, -0.15) is 10.1 Å². The van der Waals surface area contributed by atoms with E-state index in [0.29, 0.717) is 17.3 Å². The molecule has 31 heavy (non-hydrogen) atoms. The number of furan rings is 1. The van der Waals surface area contributed by atoms with Crippen molar-refractivity contribution in [3.05, 3.63) is 46.8 Å². The minimum atomic E-state index is 0.533. The topological polar surface area (TPSA) is 96.8 Å². The molecule has 0 bridgehead atoms. The number of hydrogen-bond acceptors (Lipinski definition) is 8. The van der Waals surface area contributed by atoms with Gasteiger partial charge in [0, 0.05) is 33.2 Å². The van der Waals surface area contributed by atoms with Crippen LogP contribution < -0.4 is 4.90 Å². The molecule has 1 aliphatic rings. The van der Waals surface area contributed by atoms with Crippen LogP contribution in [-0.2, 0) is 13.7 Å². The lowest BCUT2D eigenvalue weighted by Crippen LogP contribution is -2.47. The average molecular weight is 438 g/mol. The van der Waals surface area contributed by atoms with Gasteiger partial charge in [0.05, 0.1) is 18.3 Å². The molecule has 5 rings (SSSR count). The Labute approximate surface area is 183 Å². The lowest BCUT2D eigenvalue weighted by molar-refractivity contribution is 0.194. The van der Waals surface area contributed by atoms with Gasteiger partial charge in [0.25, 0.3) is 0 Å². The van der Waals surface area contributed by atoms with Crippen LogP contribution >= 0.6 is 12.2 Å². The third kappa shape index (κ3) is 4.01. The first kappa shape index (κ1) is 19.6. The first-order valence-electron chi connectivity index (χ1n) is 10.1. The van der Waals surface area contributed by atoms with Gasteiger partial charge >= 0.3 is 0 Å². The fourth-order valence-corrected chi connectivity index (χ4v) is 3.95. The number of nitrogens with one attached hydrogen (secondary N) is 1. The van der Waals surface area contributed by atoms with Crippen LogP contribution in [0.3, 0.4) is 0 Å². The van der Waals surface area contributed by atoms with Crippen molar-refractivity contribution in [2.24, 2.45) is 7.05 Å². The molecule has 0 saturated carbocycles. The van der Waals surface area contributed by atoms with Crippen LogP contribution in [0.25, 0.3) is 23.2 Å². The summed E-state index contributed by atoms with van der Waals surface area (Å²) in [7, 11) is 1.89. The Morgan fingerprint density at radius 3 is 2.77 bits per heavy atom. The molecule has 1 N–H and O–H groups in total. The second kappa shape index (κ2) is 8.08. The average Bonchev–Trinajstić information content (AvgIpc) is 3.46. The number of aryl methyl sites for hydroxylation is 2. The molecule has 0 amide bonds. The van der Waals surface area contributed by atoms with Crippen molar-refractivity contribution < 1.29 is 4.42 Å². The molecular formula is C20H23N9OS. The Hall–Kier alpha value is -3.31. The van der Waals surface area contributed by atoms with E-state index in [1.54, 1.807) is 11.0 Å². The lowest BCUT2D eigenvalue weighted by Gasteiger charge is -2.35. The van der Waals surface area contributed by atoms with E-state index in [0.717, 1.165) is 54.6 Å². The zero-order valence-electron chi connectivity index (χ0n) is 17.4. The maximum Gasteiger partial charge on any atom is 0.217 e. The fraction of sp³-hybridized carbons (Fsp3) is 0.350. The fourth-order valence-electron chi connectivity index (χ4n) is 3.75. The van der Waals surface area contributed by atoms with Gasteiger partial charge in [0.1, 0.15) is 29.5 Å². The number of hydrogen-bond donors (Lipinski definition) is 1. The molecule has 0 aromatic carbocycles. The van der Waals surface area contributed by atoms with E-state index >= 15 is 0 Å². The zero-order chi connectivity index (χ0) is 21.4. The van der Waals surface area contributed by atoms with E-state index in [9.17, 15) is 0 Å².